The largest absolute Gasteiger partial charge is 0.497 e. The van der Waals surface area contributed by atoms with Crippen LogP contribution in [0.15, 0.2) is 57.7 Å². The molecule has 0 aliphatic rings. The van der Waals surface area contributed by atoms with E-state index in [9.17, 15) is 23.6 Å². The first-order chi connectivity index (χ1) is 16.7. The third-order valence-electron chi connectivity index (χ3n) is 5.31. The number of amides is 2. The summed E-state index contributed by atoms with van der Waals surface area (Å²) in [5.74, 6) is -1.79. The maximum atomic E-state index is 13.2. The maximum Gasteiger partial charge on any atom is 0.336 e. The Balaban J connectivity index is 1.88. The van der Waals surface area contributed by atoms with Gasteiger partial charge in [0.05, 0.1) is 14.2 Å². The van der Waals surface area contributed by atoms with Crippen LogP contribution in [0, 0.1) is 5.82 Å². The van der Waals surface area contributed by atoms with Gasteiger partial charge in [0.15, 0.2) is 0 Å². The minimum absolute atomic E-state index is 0.0667. The fourth-order valence-corrected chi connectivity index (χ4v) is 3.64. The van der Waals surface area contributed by atoms with Crippen LogP contribution in [0.2, 0.25) is 0 Å². The molecule has 2 aromatic carbocycles. The first-order valence-corrected chi connectivity index (χ1v) is 10.7. The molecule has 184 valence electrons. The molecule has 10 heteroatoms. The van der Waals surface area contributed by atoms with Crippen molar-refractivity contribution in [2.75, 3.05) is 14.2 Å². The highest BCUT2D eigenvalue weighted by molar-refractivity contribution is 5.91. The van der Waals surface area contributed by atoms with E-state index in [1.54, 1.807) is 18.2 Å². The molecule has 0 unspecified atom stereocenters. The summed E-state index contributed by atoms with van der Waals surface area (Å²) < 4.78 is 28.5. The van der Waals surface area contributed by atoms with E-state index in [-0.39, 0.29) is 18.4 Å². The van der Waals surface area contributed by atoms with Crippen molar-refractivity contribution in [1.29, 1.82) is 0 Å². The van der Waals surface area contributed by atoms with Crippen LogP contribution in [0.4, 0.5) is 4.39 Å². The van der Waals surface area contributed by atoms with Gasteiger partial charge in [-0.2, -0.15) is 0 Å². The van der Waals surface area contributed by atoms with Crippen molar-refractivity contribution in [3.8, 4) is 5.75 Å². The number of fused-ring (bicyclic) bond motifs is 1. The Kier molecular flexibility index (Phi) is 8.19. The van der Waals surface area contributed by atoms with Crippen LogP contribution in [0.5, 0.6) is 5.75 Å². The van der Waals surface area contributed by atoms with Crippen molar-refractivity contribution in [2.45, 2.75) is 31.8 Å². The average molecular weight is 484 g/mol. The van der Waals surface area contributed by atoms with E-state index in [4.69, 9.17) is 13.9 Å². The topological polar surface area (TPSA) is 124 Å². The molecule has 0 aliphatic heterocycles. The van der Waals surface area contributed by atoms with E-state index >= 15 is 0 Å². The van der Waals surface area contributed by atoms with Crippen molar-refractivity contribution in [1.82, 2.24) is 10.6 Å². The van der Waals surface area contributed by atoms with Crippen LogP contribution in [0.25, 0.3) is 11.0 Å². The highest BCUT2D eigenvalue weighted by Gasteiger charge is 2.28. The Hall–Kier alpha value is -4.21. The molecule has 2 N–H and O–H groups in total. The van der Waals surface area contributed by atoms with Gasteiger partial charge in [0.1, 0.15) is 29.2 Å². The molecular weight excluding hydrogens is 459 g/mol. The Morgan fingerprint density at radius 2 is 1.69 bits per heavy atom. The number of rotatable bonds is 9. The third-order valence-corrected chi connectivity index (χ3v) is 5.31. The molecule has 1 heterocycles. The lowest BCUT2D eigenvalue weighted by molar-refractivity contribution is -0.145. The number of ether oxygens (including phenoxy) is 2. The summed E-state index contributed by atoms with van der Waals surface area (Å²) in [6.07, 6.45) is -0.00653. The zero-order valence-corrected chi connectivity index (χ0v) is 19.4. The zero-order valence-electron chi connectivity index (χ0n) is 19.4. The van der Waals surface area contributed by atoms with Crippen LogP contribution in [0.1, 0.15) is 18.1 Å². The van der Waals surface area contributed by atoms with Gasteiger partial charge < -0.3 is 24.5 Å². The molecule has 3 rings (SSSR count). The standard InChI is InChI=1S/C25H25FN2O7/c1-14(29)27-20(10-15-4-6-17(26)7-5-15)24(31)28-21(25(32)34-3)11-16-12-23(30)35-22-13-18(33-2)8-9-19(16)22/h4-9,12-13,20-21H,10-11H2,1-3H3,(H,27,29)(H,28,31)/t20-,21+/m1/s1. The lowest BCUT2D eigenvalue weighted by Crippen LogP contribution is -2.53. The molecule has 0 spiro atoms. The first-order valence-electron chi connectivity index (χ1n) is 10.7. The van der Waals surface area contributed by atoms with Crippen molar-refractivity contribution < 1.29 is 32.7 Å². The number of benzene rings is 2. The van der Waals surface area contributed by atoms with E-state index < -0.39 is 41.3 Å². The van der Waals surface area contributed by atoms with Gasteiger partial charge in [-0.3, -0.25) is 9.59 Å². The summed E-state index contributed by atoms with van der Waals surface area (Å²) >= 11 is 0. The van der Waals surface area contributed by atoms with Gasteiger partial charge in [0.25, 0.3) is 0 Å². The monoisotopic (exact) mass is 484 g/mol. The van der Waals surface area contributed by atoms with Crippen LogP contribution >= 0.6 is 0 Å². The summed E-state index contributed by atoms with van der Waals surface area (Å²) in [7, 11) is 2.65. The molecule has 0 radical (unpaired) electrons. The second-order valence-corrected chi connectivity index (χ2v) is 7.82. The number of methoxy groups -OCH3 is 2. The molecule has 35 heavy (non-hydrogen) atoms. The van der Waals surface area contributed by atoms with Gasteiger partial charge in [0.2, 0.25) is 11.8 Å². The molecule has 0 saturated heterocycles. The van der Waals surface area contributed by atoms with E-state index in [1.807, 2.05) is 0 Å². The number of carbonyl (C=O) groups is 3. The van der Waals surface area contributed by atoms with Crippen molar-refractivity contribution >= 4 is 28.8 Å². The number of halogens is 1. The molecule has 2 amide bonds. The summed E-state index contributed by atoms with van der Waals surface area (Å²) in [5, 5.41) is 5.70. The number of hydrogen-bond donors (Lipinski definition) is 2. The van der Waals surface area contributed by atoms with Gasteiger partial charge in [-0.15, -0.1) is 0 Å². The zero-order chi connectivity index (χ0) is 25.5. The smallest absolute Gasteiger partial charge is 0.336 e. The summed E-state index contributed by atoms with van der Waals surface area (Å²) in [5.41, 5.74) is 0.678. The number of carbonyl (C=O) groups excluding carboxylic acids is 3. The highest BCUT2D eigenvalue weighted by Crippen LogP contribution is 2.23. The Morgan fingerprint density at radius 1 is 0.971 bits per heavy atom. The summed E-state index contributed by atoms with van der Waals surface area (Å²) in [6, 6.07) is 9.42. The molecule has 0 aliphatic carbocycles. The normalized spacial score (nSPS) is 12.5. The Bertz CT molecular complexity index is 1290. The molecule has 0 bridgehead atoms. The van der Waals surface area contributed by atoms with Gasteiger partial charge in [-0.05, 0) is 35.4 Å². The highest BCUT2D eigenvalue weighted by atomic mass is 19.1. The van der Waals surface area contributed by atoms with Crippen LogP contribution in [0.3, 0.4) is 0 Å². The van der Waals surface area contributed by atoms with E-state index in [1.165, 1.54) is 51.5 Å². The lowest BCUT2D eigenvalue weighted by Gasteiger charge is -2.22. The van der Waals surface area contributed by atoms with Gasteiger partial charge in [-0.25, -0.2) is 14.0 Å². The van der Waals surface area contributed by atoms with Crippen LogP contribution in [-0.2, 0) is 32.0 Å². The first kappa shape index (κ1) is 25.4. The lowest BCUT2D eigenvalue weighted by atomic mass is 10.0. The molecule has 9 nitrogen and oxygen atoms in total. The van der Waals surface area contributed by atoms with E-state index in [0.29, 0.717) is 22.3 Å². The summed E-state index contributed by atoms with van der Waals surface area (Å²) in [6.45, 7) is 1.26. The molecule has 0 fully saturated rings. The quantitative estimate of drug-likeness (QED) is 0.351. The molecular formula is C25H25FN2O7. The Morgan fingerprint density at radius 3 is 2.31 bits per heavy atom. The molecule has 3 aromatic rings. The number of esters is 1. The van der Waals surface area contributed by atoms with Crippen molar-refractivity contribution in [3.05, 3.63) is 75.9 Å². The number of nitrogens with one attached hydrogen (secondary N) is 2. The van der Waals surface area contributed by atoms with Crippen molar-refractivity contribution in [2.24, 2.45) is 0 Å². The second kappa shape index (κ2) is 11.3. The van der Waals surface area contributed by atoms with Crippen molar-refractivity contribution in [3.63, 3.8) is 0 Å². The van der Waals surface area contributed by atoms with Crippen LogP contribution < -0.4 is 21.0 Å². The van der Waals surface area contributed by atoms with Gasteiger partial charge in [0, 0.05) is 37.3 Å². The predicted molar refractivity (Wildman–Crippen MR) is 124 cm³/mol. The van der Waals surface area contributed by atoms with E-state index in [2.05, 4.69) is 10.6 Å². The van der Waals surface area contributed by atoms with Gasteiger partial charge in [-0.1, -0.05) is 12.1 Å². The third kappa shape index (κ3) is 6.66. The van der Waals surface area contributed by atoms with Gasteiger partial charge >= 0.3 is 11.6 Å². The molecule has 0 saturated carbocycles. The molecule has 1 aromatic heterocycles. The SMILES string of the molecule is COC(=O)[C@H](Cc1cc(=O)oc2cc(OC)ccc12)NC(=O)[C@@H](Cc1ccc(F)cc1)NC(C)=O. The van der Waals surface area contributed by atoms with E-state index in [0.717, 1.165) is 0 Å². The average Bonchev–Trinajstić information content (AvgIpc) is 2.83. The predicted octanol–water partition coefficient (Wildman–Crippen LogP) is 1.89. The summed E-state index contributed by atoms with van der Waals surface area (Å²) in [4.78, 5) is 49.4. The fourth-order valence-electron chi connectivity index (χ4n) is 3.64. The maximum absolute atomic E-state index is 13.2. The minimum atomic E-state index is -1.16. The molecule has 2 atom stereocenters. The van der Waals surface area contributed by atoms with Crippen LogP contribution in [-0.4, -0.2) is 44.1 Å². The second-order valence-electron chi connectivity index (χ2n) is 7.82. The minimum Gasteiger partial charge on any atom is -0.497 e. The Labute approximate surface area is 200 Å². The fraction of sp³-hybridized carbons (Fsp3) is 0.280. The number of hydrogen-bond acceptors (Lipinski definition) is 7.